The topological polar surface area (TPSA) is 37.8 Å². The van der Waals surface area contributed by atoms with Crippen LogP contribution in [0.5, 0.6) is 0 Å². The molecule has 1 saturated carbocycles. The Bertz CT molecular complexity index is 594. The highest BCUT2D eigenvalue weighted by Gasteiger charge is 2.20. The molecule has 4 heteroatoms. The summed E-state index contributed by atoms with van der Waals surface area (Å²) in [5, 5.41) is 3.46. The van der Waals surface area contributed by atoms with Crippen molar-refractivity contribution in [3.8, 4) is 11.3 Å². The molecule has 1 aromatic heterocycles. The summed E-state index contributed by atoms with van der Waals surface area (Å²) in [6.45, 7) is 2.77. The standard InChI is InChI=1S/C15H16BrN3/c1-10-8-14(12-4-2-3-5-13(12)16)19-15(18-10)9-17-11-6-7-11/h2-5,8,11,17H,6-7,9H2,1H3. The van der Waals surface area contributed by atoms with Crippen LogP contribution in [0.4, 0.5) is 0 Å². The zero-order valence-corrected chi connectivity index (χ0v) is 12.4. The van der Waals surface area contributed by atoms with Crippen molar-refractivity contribution in [1.29, 1.82) is 0 Å². The molecule has 19 heavy (non-hydrogen) atoms. The molecule has 1 fully saturated rings. The van der Waals surface area contributed by atoms with E-state index in [0.717, 1.165) is 33.8 Å². The number of aromatic nitrogens is 2. The van der Waals surface area contributed by atoms with Gasteiger partial charge < -0.3 is 5.32 Å². The maximum atomic E-state index is 4.66. The third-order valence-corrected chi connectivity index (χ3v) is 3.87. The summed E-state index contributed by atoms with van der Waals surface area (Å²) in [5.41, 5.74) is 3.10. The minimum atomic E-state index is 0.677. The first kappa shape index (κ1) is 12.8. The minimum Gasteiger partial charge on any atom is -0.307 e. The van der Waals surface area contributed by atoms with Crippen LogP contribution in [0, 0.1) is 6.92 Å². The average molecular weight is 318 g/mol. The van der Waals surface area contributed by atoms with E-state index in [0.29, 0.717) is 6.04 Å². The Balaban J connectivity index is 1.90. The molecule has 0 unspecified atom stereocenters. The summed E-state index contributed by atoms with van der Waals surface area (Å²) in [7, 11) is 0. The van der Waals surface area contributed by atoms with Crippen LogP contribution in [0.3, 0.4) is 0 Å². The summed E-state index contributed by atoms with van der Waals surface area (Å²) >= 11 is 3.58. The highest BCUT2D eigenvalue weighted by atomic mass is 79.9. The Morgan fingerprint density at radius 2 is 2.05 bits per heavy atom. The van der Waals surface area contributed by atoms with Gasteiger partial charge in [-0.1, -0.05) is 34.1 Å². The van der Waals surface area contributed by atoms with Crippen LogP contribution in [0.25, 0.3) is 11.3 Å². The molecule has 0 saturated heterocycles. The predicted octanol–water partition coefficient (Wildman–Crippen LogP) is 3.47. The molecule has 3 nitrogen and oxygen atoms in total. The molecule has 2 aromatic rings. The fourth-order valence-electron chi connectivity index (χ4n) is 2.04. The van der Waals surface area contributed by atoms with Crippen molar-refractivity contribution >= 4 is 15.9 Å². The van der Waals surface area contributed by atoms with Crippen LogP contribution in [0.15, 0.2) is 34.8 Å². The first-order valence-corrected chi connectivity index (χ1v) is 7.34. The van der Waals surface area contributed by atoms with E-state index in [4.69, 9.17) is 0 Å². The van der Waals surface area contributed by atoms with Gasteiger partial charge in [0.15, 0.2) is 0 Å². The molecule has 0 amide bonds. The van der Waals surface area contributed by atoms with Gasteiger partial charge in [-0.05, 0) is 31.9 Å². The number of benzene rings is 1. The van der Waals surface area contributed by atoms with Gasteiger partial charge in [0.1, 0.15) is 5.82 Å². The fraction of sp³-hybridized carbons (Fsp3) is 0.333. The van der Waals surface area contributed by atoms with Crippen molar-refractivity contribution in [3.05, 3.63) is 46.3 Å². The van der Waals surface area contributed by atoms with E-state index in [-0.39, 0.29) is 0 Å². The number of aryl methyl sites for hydroxylation is 1. The van der Waals surface area contributed by atoms with Crippen LogP contribution in [0.2, 0.25) is 0 Å². The van der Waals surface area contributed by atoms with Crippen molar-refractivity contribution < 1.29 is 0 Å². The van der Waals surface area contributed by atoms with Gasteiger partial charge in [-0.2, -0.15) is 0 Å². The van der Waals surface area contributed by atoms with Crippen molar-refractivity contribution in [2.75, 3.05) is 0 Å². The zero-order chi connectivity index (χ0) is 13.2. The maximum Gasteiger partial charge on any atom is 0.143 e. The van der Waals surface area contributed by atoms with Gasteiger partial charge in [0.25, 0.3) is 0 Å². The normalized spacial score (nSPS) is 14.6. The lowest BCUT2D eigenvalue weighted by Gasteiger charge is -2.08. The summed E-state index contributed by atoms with van der Waals surface area (Å²) in [6, 6.07) is 10.9. The summed E-state index contributed by atoms with van der Waals surface area (Å²) in [4.78, 5) is 9.16. The lowest BCUT2D eigenvalue weighted by molar-refractivity contribution is 0.656. The third-order valence-electron chi connectivity index (χ3n) is 3.18. The molecular formula is C15H16BrN3. The number of hydrogen-bond acceptors (Lipinski definition) is 3. The highest BCUT2D eigenvalue weighted by molar-refractivity contribution is 9.10. The Morgan fingerprint density at radius 3 is 2.79 bits per heavy atom. The molecule has 0 radical (unpaired) electrons. The quantitative estimate of drug-likeness (QED) is 0.938. The van der Waals surface area contributed by atoms with Crippen LogP contribution in [-0.2, 0) is 6.54 Å². The first-order valence-electron chi connectivity index (χ1n) is 6.55. The molecular weight excluding hydrogens is 302 g/mol. The van der Waals surface area contributed by atoms with E-state index < -0.39 is 0 Å². The number of halogens is 1. The molecule has 1 N–H and O–H groups in total. The van der Waals surface area contributed by atoms with E-state index in [1.165, 1.54) is 12.8 Å². The zero-order valence-electron chi connectivity index (χ0n) is 10.9. The number of hydrogen-bond donors (Lipinski definition) is 1. The SMILES string of the molecule is Cc1cc(-c2ccccc2Br)nc(CNC2CC2)n1. The molecule has 0 spiro atoms. The van der Waals surface area contributed by atoms with Crippen molar-refractivity contribution in [3.63, 3.8) is 0 Å². The van der Waals surface area contributed by atoms with Gasteiger partial charge in [0.2, 0.25) is 0 Å². The molecule has 1 aromatic carbocycles. The molecule has 3 rings (SSSR count). The number of nitrogens with zero attached hydrogens (tertiary/aromatic N) is 2. The van der Waals surface area contributed by atoms with Crippen LogP contribution in [0.1, 0.15) is 24.4 Å². The molecule has 1 aliphatic rings. The van der Waals surface area contributed by atoms with Gasteiger partial charge >= 0.3 is 0 Å². The average Bonchev–Trinajstić information content (AvgIpc) is 3.20. The van der Waals surface area contributed by atoms with Crippen molar-refractivity contribution in [2.45, 2.75) is 32.4 Å². The Labute approximate surface area is 121 Å². The van der Waals surface area contributed by atoms with Crippen molar-refractivity contribution in [1.82, 2.24) is 15.3 Å². The van der Waals surface area contributed by atoms with E-state index in [9.17, 15) is 0 Å². The van der Waals surface area contributed by atoms with Crippen LogP contribution in [-0.4, -0.2) is 16.0 Å². The highest BCUT2D eigenvalue weighted by Crippen LogP contribution is 2.27. The van der Waals surface area contributed by atoms with Crippen LogP contribution >= 0.6 is 15.9 Å². The second kappa shape index (κ2) is 5.39. The molecule has 0 aliphatic heterocycles. The van der Waals surface area contributed by atoms with Crippen LogP contribution < -0.4 is 5.32 Å². The fourth-order valence-corrected chi connectivity index (χ4v) is 2.53. The Hall–Kier alpha value is -1.26. The maximum absolute atomic E-state index is 4.66. The van der Waals surface area contributed by atoms with E-state index in [1.54, 1.807) is 0 Å². The van der Waals surface area contributed by atoms with Crippen molar-refractivity contribution in [2.24, 2.45) is 0 Å². The first-order chi connectivity index (χ1) is 9.22. The lowest BCUT2D eigenvalue weighted by Crippen LogP contribution is -2.17. The van der Waals surface area contributed by atoms with E-state index in [2.05, 4.69) is 37.3 Å². The van der Waals surface area contributed by atoms with E-state index >= 15 is 0 Å². The largest absolute Gasteiger partial charge is 0.307 e. The minimum absolute atomic E-state index is 0.677. The summed E-state index contributed by atoms with van der Waals surface area (Å²) in [5.74, 6) is 0.873. The lowest BCUT2D eigenvalue weighted by atomic mass is 10.1. The molecule has 0 atom stereocenters. The molecule has 98 valence electrons. The summed E-state index contributed by atoms with van der Waals surface area (Å²) < 4.78 is 1.06. The van der Waals surface area contributed by atoms with E-state index in [1.807, 2.05) is 31.2 Å². The Kier molecular flexibility index (Phi) is 3.62. The molecule has 1 heterocycles. The van der Waals surface area contributed by atoms with Gasteiger partial charge in [-0.3, -0.25) is 0 Å². The van der Waals surface area contributed by atoms with Gasteiger partial charge in [-0.25, -0.2) is 9.97 Å². The molecule has 0 bridgehead atoms. The Morgan fingerprint density at radius 1 is 1.26 bits per heavy atom. The number of rotatable bonds is 4. The third kappa shape index (κ3) is 3.19. The van der Waals surface area contributed by atoms with Gasteiger partial charge in [0.05, 0.1) is 12.2 Å². The number of nitrogens with one attached hydrogen (secondary N) is 1. The predicted molar refractivity (Wildman–Crippen MR) is 79.8 cm³/mol. The van der Waals surface area contributed by atoms with Gasteiger partial charge in [0, 0.05) is 21.8 Å². The van der Waals surface area contributed by atoms with Gasteiger partial charge in [-0.15, -0.1) is 0 Å². The second-order valence-corrected chi connectivity index (χ2v) is 5.80. The molecule has 1 aliphatic carbocycles. The second-order valence-electron chi connectivity index (χ2n) is 4.95. The summed E-state index contributed by atoms with van der Waals surface area (Å²) in [6.07, 6.45) is 2.56. The monoisotopic (exact) mass is 317 g/mol. The smallest absolute Gasteiger partial charge is 0.143 e.